The Bertz CT molecular complexity index is 434. The van der Waals surface area contributed by atoms with Crippen LogP contribution in [0.4, 0.5) is 8.78 Å². The first-order chi connectivity index (χ1) is 9.17. The third-order valence-corrected chi connectivity index (χ3v) is 3.17. The van der Waals surface area contributed by atoms with E-state index in [0.29, 0.717) is 19.1 Å². The van der Waals surface area contributed by atoms with Crippen LogP contribution in [-0.2, 0) is 9.31 Å². The highest BCUT2D eigenvalue weighted by Crippen LogP contribution is 2.20. The number of hydrogen-bond acceptors (Lipinski definition) is 3. The van der Waals surface area contributed by atoms with E-state index in [2.05, 4.69) is 0 Å². The molecule has 104 valence electrons. The van der Waals surface area contributed by atoms with Crippen molar-refractivity contribution < 1.29 is 22.8 Å². The van der Waals surface area contributed by atoms with Crippen LogP contribution in [0.1, 0.15) is 20.3 Å². The highest BCUT2D eigenvalue weighted by molar-refractivity contribution is 6.61. The molecule has 6 heteroatoms. The Morgan fingerprint density at radius 1 is 1.21 bits per heavy atom. The Morgan fingerprint density at radius 2 is 1.89 bits per heavy atom. The highest BCUT2D eigenvalue weighted by atomic mass is 19.2. The lowest BCUT2D eigenvalue weighted by Crippen LogP contribution is -2.45. The minimum absolute atomic E-state index is 0.0792. The van der Waals surface area contributed by atoms with Gasteiger partial charge in [-0.1, -0.05) is 13.0 Å². The Balaban J connectivity index is 2.15. The maximum atomic E-state index is 13.9. The molecule has 0 amide bonds. The first-order valence-electron chi connectivity index (χ1n) is 6.51. The lowest BCUT2D eigenvalue weighted by atomic mass is 9.76. The minimum Gasteiger partial charge on any atom is -0.491 e. The van der Waals surface area contributed by atoms with Crippen LogP contribution in [0.15, 0.2) is 12.1 Å². The van der Waals surface area contributed by atoms with Crippen molar-refractivity contribution in [2.24, 2.45) is 5.92 Å². The van der Waals surface area contributed by atoms with Gasteiger partial charge in [-0.05, 0) is 19.4 Å². The molecule has 1 aromatic carbocycles. The van der Waals surface area contributed by atoms with Crippen LogP contribution in [0.25, 0.3) is 0 Å². The van der Waals surface area contributed by atoms with E-state index in [4.69, 9.17) is 14.0 Å². The van der Waals surface area contributed by atoms with Crippen molar-refractivity contribution in [2.45, 2.75) is 20.3 Å². The van der Waals surface area contributed by atoms with E-state index in [0.717, 1.165) is 6.42 Å². The van der Waals surface area contributed by atoms with E-state index >= 15 is 0 Å². The van der Waals surface area contributed by atoms with Crippen molar-refractivity contribution in [2.75, 3.05) is 19.8 Å². The van der Waals surface area contributed by atoms with Crippen LogP contribution in [0, 0.1) is 17.6 Å². The second-order valence-corrected chi connectivity index (χ2v) is 4.49. The van der Waals surface area contributed by atoms with E-state index in [-0.39, 0.29) is 17.8 Å². The number of rotatable bonds is 4. The molecule has 0 bridgehead atoms. The molecule has 1 aromatic rings. The lowest BCUT2D eigenvalue weighted by Gasteiger charge is -2.26. The number of hydrogen-bond donors (Lipinski definition) is 0. The predicted octanol–water partition coefficient (Wildman–Crippen LogP) is 2.13. The van der Waals surface area contributed by atoms with E-state index in [9.17, 15) is 8.78 Å². The largest absolute Gasteiger partial charge is 0.497 e. The molecular formula is C13H17BF2O3. The molecule has 3 nitrogen and oxygen atoms in total. The van der Waals surface area contributed by atoms with Gasteiger partial charge in [0.2, 0.25) is 0 Å². The molecule has 1 heterocycles. The summed E-state index contributed by atoms with van der Waals surface area (Å²) in [5, 5.41) is 0. The van der Waals surface area contributed by atoms with E-state index in [1.54, 1.807) is 6.92 Å². The standard InChI is InChI=1S/C13H17BF2O3/c1-3-9-7-18-14(19-8-9)10-5-6-11(17-4-2)13(16)12(10)15/h5-6,9H,3-4,7-8H2,1-2H3. The fourth-order valence-corrected chi connectivity index (χ4v) is 1.95. The molecule has 1 aliphatic rings. The van der Waals surface area contributed by atoms with Gasteiger partial charge in [-0.3, -0.25) is 0 Å². The summed E-state index contributed by atoms with van der Waals surface area (Å²) in [6, 6.07) is 2.84. The summed E-state index contributed by atoms with van der Waals surface area (Å²) in [6.07, 6.45) is 0.937. The van der Waals surface area contributed by atoms with Gasteiger partial charge in [-0.2, -0.15) is 4.39 Å². The van der Waals surface area contributed by atoms with Crippen molar-refractivity contribution in [1.82, 2.24) is 0 Å². The zero-order valence-electron chi connectivity index (χ0n) is 11.1. The van der Waals surface area contributed by atoms with Crippen molar-refractivity contribution >= 4 is 12.6 Å². The Hall–Kier alpha value is -1.14. The van der Waals surface area contributed by atoms with Crippen LogP contribution < -0.4 is 10.2 Å². The average Bonchev–Trinajstić information content (AvgIpc) is 2.45. The van der Waals surface area contributed by atoms with E-state index < -0.39 is 18.8 Å². The summed E-state index contributed by atoms with van der Waals surface area (Å²) < 4.78 is 43.5. The van der Waals surface area contributed by atoms with E-state index in [1.807, 2.05) is 6.92 Å². The molecule has 1 fully saturated rings. The molecule has 0 spiro atoms. The molecule has 0 atom stereocenters. The van der Waals surface area contributed by atoms with Gasteiger partial charge in [0.1, 0.15) is 0 Å². The second-order valence-electron chi connectivity index (χ2n) is 4.49. The van der Waals surface area contributed by atoms with Gasteiger partial charge in [0.15, 0.2) is 17.4 Å². The zero-order chi connectivity index (χ0) is 13.8. The van der Waals surface area contributed by atoms with Crippen molar-refractivity contribution in [3.05, 3.63) is 23.8 Å². The van der Waals surface area contributed by atoms with Crippen LogP contribution in [0.3, 0.4) is 0 Å². The Kier molecular flexibility index (Phi) is 4.77. The molecule has 0 saturated carbocycles. The molecule has 1 saturated heterocycles. The topological polar surface area (TPSA) is 27.7 Å². The molecular weight excluding hydrogens is 253 g/mol. The van der Waals surface area contributed by atoms with E-state index in [1.165, 1.54) is 12.1 Å². The smallest absolute Gasteiger partial charge is 0.491 e. The number of benzene rings is 1. The quantitative estimate of drug-likeness (QED) is 0.784. The molecule has 0 aromatic heterocycles. The molecule has 1 aliphatic heterocycles. The fourth-order valence-electron chi connectivity index (χ4n) is 1.95. The van der Waals surface area contributed by atoms with Crippen molar-refractivity contribution in [3.8, 4) is 5.75 Å². The minimum atomic E-state index is -0.996. The van der Waals surface area contributed by atoms with Crippen molar-refractivity contribution in [1.29, 1.82) is 0 Å². The maximum Gasteiger partial charge on any atom is 0.497 e. The third-order valence-electron chi connectivity index (χ3n) is 3.17. The number of ether oxygens (including phenoxy) is 1. The summed E-state index contributed by atoms with van der Waals surface area (Å²) >= 11 is 0. The molecule has 0 unspecified atom stereocenters. The lowest BCUT2D eigenvalue weighted by molar-refractivity contribution is 0.0845. The van der Waals surface area contributed by atoms with Gasteiger partial charge >= 0.3 is 7.12 Å². The summed E-state index contributed by atoms with van der Waals surface area (Å²) in [5.74, 6) is -1.74. The van der Waals surface area contributed by atoms with Crippen molar-refractivity contribution in [3.63, 3.8) is 0 Å². The van der Waals surface area contributed by atoms with Crippen LogP contribution in [0.5, 0.6) is 5.75 Å². The van der Waals surface area contributed by atoms with Gasteiger partial charge in [0.25, 0.3) is 0 Å². The van der Waals surface area contributed by atoms with Gasteiger partial charge in [0.05, 0.1) is 6.61 Å². The first-order valence-corrected chi connectivity index (χ1v) is 6.51. The molecule has 19 heavy (non-hydrogen) atoms. The summed E-state index contributed by atoms with van der Waals surface area (Å²) in [7, 11) is -0.840. The maximum absolute atomic E-state index is 13.9. The highest BCUT2D eigenvalue weighted by Gasteiger charge is 2.32. The van der Waals surface area contributed by atoms with Crippen LogP contribution >= 0.6 is 0 Å². The number of halogens is 2. The second kappa shape index (κ2) is 6.35. The first kappa shape index (κ1) is 14.3. The van der Waals surface area contributed by atoms with Crippen LogP contribution in [-0.4, -0.2) is 26.9 Å². The van der Waals surface area contributed by atoms with Crippen LogP contribution in [0.2, 0.25) is 0 Å². The third kappa shape index (κ3) is 3.07. The molecule has 0 N–H and O–H groups in total. The summed E-state index contributed by atoms with van der Waals surface area (Å²) in [4.78, 5) is 0. The summed E-state index contributed by atoms with van der Waals surface area (Å²) in [6.45, 7) is 5.02. The SMILES string of the molecule is CCOc1ccc(B2OCC(CC)CO2)c(F)c1F. The molecule has 0 aliphatic carbocycles. The monoisotopic (exact) mass is 270 g/mol. The zero-order valence-corrected chi connectivity index (χ0v) is 11.1. The molecule has 2 rings (SSSR count). The van der Waals surface area contributed by atoms with Gasteiger partial charge in [0, 0.05) is 24.6 Å². The summed E-state index contributed by atoms with van der Waals surface area (Å²) in [5.41, 5.74) is 0.0792. The molecule has 0 radical (unpaired) electrons. The fraction of sp³-hybridized carbons (Fsp3) is 0.538. The normalized spacial score (nSPS) is 16.7. The van der Waals surface area contributed by atoms with Gasteiger partial charge in [-0.15, -0.1) is 0 Å². The van der Waals surface area contributed by atoms with Gasteiger partial charge in [-0.25, -0.2) is 4.39 Å². The Morgan fingerprint density at radius 3 is 2.47 bits per heavy atom. The Labute approximate surface area is 112 Å². The average molecular weight is 270 g/mol. The van der Waals surface area contributed by atoms with Gasteiger partial charge < -0.3 is 14.0 Å². The predicted molar refractivity (Wildman–Crippen MR) is 68.6 cm³/mol.